The molecule has 0 saturated carbocycles. The van der Waals surface area contributed by atoms with Crippen LogP contribution in [0.5, 0.6) is 0 Å². The molecular formula is C19H19NO5S. The highest BCUT2D eigenvalue weighted by Crippen LogP contribution is 2.06. The summed E-state index contributed by atoms with van der Waals surface area (Å²) in [6.07, 6.45) is 1.42. The van der Waals surface area contributed by atoms with Gasteiger partial charge in [-0.2, -0.15) is 0 Å². The van der Waals surface area contributed by atoms with E-state index in [-0.39, 0.29) is 5.78 Å². The van der Waals surface area contributed by atoms with Crippen molar-refractivity contribution >= 4 is 27.9 Å². The summed E-state index contributed by atoms with van der Waals surface area (Å²) in [5.74, 6) is -1.19. The van der Waals surface area contributed by atoms with Crippen molar-refractivity contribution in [2.24, 2.45) is 0 Å². The highest BCUT2D eigenvalue weighted by atomic mass is 32.2. The molecule has 0 heterocycles. The first-order valence-electron chi connectivity index (χ1n) is 7.84. The number of benzene rings is 2. The van der Waals surface area contributed by atoms with Gasteiger partial charge in [0.25, 0.3) is 0 Å². The van der Waals surface area contributed by atoms with E-state index in [9.17, 15) is 18.0 Å². The maximum atomic E-state index is 11.9. The van der Waals surface area contributed by atoms with E-state index in [1.54, 1.807) is 42.5 Å². The molecule has 0 aliphatic carbocycles. The second-order valence-corrected chi connectivity index (χ2v) is 7.18. The molecule has 0 spiro atoms. The number of sulfonamides is 1. The molecule has 0 radical (unpaired) electrons. The van der Waals surface area contributed by atoms with Gasteiger partial charge in [-0.15, -0.1) is 0 Å². The third-order valence-electron chi connectivity index (χ3n) is 3.39. The highest BCUT2D eigenvalue weighted by Gasteiger charge is 2.12. The number of rotatable bonds is 8. The fraction of sp³-hybridized carbons (Fsp3) is 0.158. The predicted molar refractivity (Wildman–Crippen MR) is 98.9 cm³/mol. The Labute approximate surface area is 152 Å². The number of carbonyl (C=O) groups is 2. The molecule has 0 aliphatic heterocycles. The normalized spacial score (nSPS) is 11.4. The zero-order chi connectivity index (χ0) is 19.0. The number of ether oxygens (including phenoxy) is 1. The first-order valence-corrected chi connectivity index (χ1v) is 9.39. The molecule has 26 heavy (non-hydrogen) atoms. The van der Waals surface area contributed by atoms with Crippen molar-refractivity contribution in [2.45, 2.75) is 6.92 Å². The van der Waals surface area contributed by atoms with Crippen molar-refractivity contribution in [3.8, 4) is 0 Å². The molecule has 6 nitrogen and oxygen atoms in total. The smallest absolute Gasteiger partial charge is 0.321 e. The van der Waals surface area contributed by atoms with E-state index in [0.29, 0.717) is 5.56 Å². The molecule has 2 aromatic carbocycles. The highest BCUT2D eigenvalue weighted by molar-refractivity contribution is 7.92. The fourth-order valence-electron chi connectivity index (χ4n) is 1.96. The van der Waals surface area contributed by atoms with Gasteiger partial charge in [0.15, 0.2) is 12.4 Å². The van der Waals surface area contributed by atoms with Gasteiger partial charge in [-0.1, -0.05) is 60.2 Å². The molecule has 0 saturated heterocycles. The molecule has 0 unspecified atom stereocenters. The molecule has 136 valence electrons. The maximum absolute atomic E-state index is 11.9. The molecule has 0 fully saturated rings. The van der Waals surface area contributed by atoms with Crippen LogP contribution in [0.3, 0.4) is 0 Å². The lowest BCUT2D eigenvalue weighted by atomic mass is 10.1. The molecule has 0 aliphatic rings. The Hall–Kier alpha value is -2.77. The number of carbonyl (C=O) groups excluding carboxylic acids is 2. The average Bonchev–Trinajstić information content (AvgIpc) is 2.65. The van der Waals surface area contributed by atoms with E-state index in [1.807, 2.05) is 19.1 Å². The number of nitrogens with one attached hydrogen (secondary N) is 1. The van der Waals surface area contributed by atoms with Gasteiger partial charge in [0.05, 0.1) is 0 Å². The Morgan fingerprint density at radius 3 is 2.35 bits per heavy atom. The Morgan fingerprint density at radius 1 is 1.04 bits per heavy atom. The quantitative estimate of drug-likeness (QED) is 0.566. The third kappa shape index (κ3) is 6.62. The fourth-order valence-corrected chi connectivity index (χ4v) is 2.71. The summed E-state index contributed by atoms with van der Waals surface area (Å²) < 4.78 is 30.6. The first kappa shape index (κ1) is 19.6. The molecule has 2 rings (SSSR count). The third-order valence-corrected chi connectivity index (χ3v) is 4.44. The monoisotopic (exact) mass is 373 g/mol. The van der Waals surface area contributed by atoms with Crippen LogP contribution in [0.2, 0.25) is 0 Å². The Balaban J connectivity index is 1.80. The van der Waals surface area contributed by atoms with E-state index in [2.05, 4.69) is 4.72 Å². The summed E-state index contributed by atoms with van der Waals surface area (Å²) >= 11 is 0. The molecule has 0 aromatic heterocycles. The van der Waals surface area contributed by atoms with Crippen LogP contribution in [0.4, 0.5) is 0 Å². The second-order valence-electron chi connectivity index (χ2n) is 5.53. The average molecular weight is 373 g/mol. The van der Waals surface area contributed by atoms with Crippen LogP contribution in [0.25, 0.3) is 6.08 Å². The largest absolute Gasteiger partial charge is 0.456 e. The van der Waals surface area contributed by atoms with Crippen molar-refractivity contribution in [1.82, 2.24) is 4.72 Å². The van der Waals surface area contributed by atoms with Gasteiger partial charge >= 0.3 is 5.97 Å². The molecule has 0 amide bonds. The number of Topliss-reactive ketones (excluding diaryl/α,β-unsaturated/α-hetero) is 1. The van der Waals surface area contributed by atoms with Gasteiger partial charge in [-0.3, -0.25) is 9.59 Å². The minimum absolute atomic E-state index is 0.360. The summed E-state index contributed by atoms with van der Waals surface area (Å²) in [6, 6.07) is 15.7. The molecule has 1 N–H and O–H groups in total. The van der Waals surface area contributed by atoms with Crippen molar-refractivity contribution in [1.29, 1.82) is 0 Å². The van der Waals surface area contributed by atoms with Crippen LogP contribution in [0.15, 0.2) is 60.0 Å². The van der Waals surface area contributed by atoms with Crippen LogP contribution < -0.4 is 4.72 Å². The summed E-state index contributed by atoms with van der Waals surface area (Å²) in [5.41, 5.74) is 2.20. The van der Waals surface area contributed by atoms with Crippen LogP contribution in [0.1, 0.15) is 21.5 Å². The van der Waals surface area contributed by atoms with E-state index >= 15 is 0 Å². The zero-order valence-corrected chi connectivity index (χ0v) is 15.0. The van der Waals surface area contributed by atoms with E-state index in [4.69, 9.17) is 4.74 Å². The van der Waals surface area contributed by atoms with Gasteiger partial charge < -0.3 is 4.74 Å². The van der Waals surface area contributed by atoms with Crippen LogP contribution in [-0.4, -0.2) is 33.3 Å². The van der Waals surface area contributed by atoms with Crippen molar-refractivity contribution < 1.29 is 22.7 Å². The molecular weight excluding hydrogens is 354 g/mol. The number of esters is 1. The number of hydrogen-bond donors (Lipinski definition) is 1. The van der Waals surface area contributed by atoms with E-state index < -0.39 is 29.1 Å². The van der Waals surface area contributed by atoms with Gasteiger partial charge in [-0.05, 0) is 18.6 Å². The Morgan fingerprint density at radius 2 is 1.69 bits per heavy atom. The predicted octanol–water partition coefficient (Wildman–Crippen LogP) is 2.31. The number of hydrogen-bond acceptors (Lipinski definition) is 5. The summed E-state index contributed by atoms with van der Waals surface area (Å²) in [4.78, 5) is 23.4. The van der Waals surface area contributed by atoms with Crippen molar-refractivity contribution in [3.05, 3.63) is 76.7 Å². The van der Waals surface area contributed by atoms with Gasteiger partial charge in [0.2, 0.25) is 10.0 Å². The van der Waals surface area contributed by atoms with Crippen molar-refractivity contribution in [2.75, 3.05) is 13.2 Å². The van der Waals surface area contributed by atoms with Gasteiger partial charge in [-0.25, -0.2) is 13.1 Å². The molecule has 7 heteroatoms. The SMILES string of the molecule is Cc1ccc(/C=C/S(=O)(=O)NCC(=O)OCC(=O)c2ccccc2)cc1. The van der Waals surface area contributed by atoms with E-state index in [1.165, 1.54) is 6.08 Å². The Bertz CT molecular complexity index is 887. The first-order chi connectivity index (χ1) is 12.4. The van der Waals surface area contributed by atoms with Gasteiger partial charge in [0.1, 0.15) is 6.54 Å². The van der Waals surface area contributed by atoms with E-state index in [0.717, 1.165) is 16.5 Å². The van der Waals surface area contributed by atoms with Crippen LogP contribution in [-0.2, 0) is 19.6 Å². The minimum Gasteiger partial charge on any atom is -0.456 e. The summed E-state index contributed by atoms with van der Waals surface area (Å²) in [5, 5.41) is 0.972. The van der Waals surface area contributed by atoms with Crippen LogP contribution in [0, 0.1) is 6.92 Å². The number of ketones is 1. The lowest BCUT2D eigenvalue weighted by Gasteiger charge is -2.05. The van der Waals surface area contributed by atoms with Gasteiger partial charge in [0, 0.05) is 11.0 Å². The topological polar surface area (TPSA) is 89.5 Å². The molecule has 2 aromatic rings. The zero-order valence-electron chi connectivity index (χ0n) is 14.2. The second kappa shape index (κ2) is 9.07. The Kier molecular flexibility index (Phi) is 6.82. The summed E-state index contributed by atoms with van der Waals surface area (Å²) in [6.45, 7) is 0.937. The molecule has 0 atom stereocenters. The van der Waals surface area contributed by atoms with Crippen LogP contribution >= 0.6 is 0 Å². The maximum Gasteiger partial charge on any atom is 0.321 e. The lowest BCUT2D eigenvalue weighted by molar-refractivity contribution is -0.141. The number of aryl methyl sites for hydroxylation is 1. The standard InChI is InChI=1S/C19H19NO5S/c1-15-7-9-16(10-8-15)11-12-26(23,24)20-13-19(22)25-14-18(21)17-5-3-2-4-6-17/h2-12,20H,13-14H2,1H3/b12-11+. The minimum atomic E-state index is -3.79. The molecule has 0 bridgehead atoms. The lowest BCUT2D eigenvalue weighted by Crippen LogP contribution is -2.30. The summed E-state index contributed by atoms with van der Waals surface area (Å²) in [7, 11) is -3.79. The van der Waals surface area contributed by atoms with Crippen molar-refractivity contribution in [3.63, 3.8) is 0 Å².